The predicted octanol–water partition coefficient (Wildman–Crippen LogP) is 2.75. The van der Waals surface area contributed by atoms with E-state index < -0.39 is 5.92 Å². The van der Waals surface area contributed by atoms with Gasteiger partial charge in [0.2, 0.25) is 11.8 Å². The van der Waals surface area contributed by atoms with Crippen molar-refractivity contribution in [2.24, 2.45) is 5.92 Å². The van der Waals surface area contributed by atoms with E-state index in [0.29, 0.717) is 26.1 Å². The summed E-state index contributed by atoms with van der Waals surface area (Å²) in [6, 6.07) is 17.4. The molecule has 0 saturated carbocycles. The van der Waals surface area contributed by atoms with Gasteiger partial charge in [-0.1, -0.05) is 30.3 Å². The van der Waals surface area contributed by atoms with Gasteiger partial charge in [0.25, 0.3) is 0 Å². The molecule has 0 aliphatic carbocycles. The SMILES string of the molecule is CCNC(=O)[C@H]1CCN(c2ccc(OCc3ccccc3)cc2)C1=O. The maximum atomic E-state index is 12.5. The topological polar surface area (TPSA) is 58.6 Å². The summed E-state index contributed by atoms with van der Waals surface area (Å²) < 4.78 is 5.76. The van der Waals surface area contributed by atoms with Crippen molar-refractivity contribution in [1.82, 2.24) is 5.32 Å². The minimum atomic E-state index is -0.575. The smallest absolute Gasteiger partial charge is 0.239 e. The van der Waals surface area contributed by atoms with E-state index in [2.05, 4.69) is 5.32 Å². The summed E-state index contributed by atoms with van der Waals surface area (Å²) >= 11 is 0. The summed E-state index contributed by atoms with van der Waals surface area (Å²) in [4.78, 5) is 26.0. The molecule has 1 N–H and O–H groups in total. The number of carbonyl (C=O) groups excluding carboxylic acids is 2. The van der Waals surface area contributed by atoms with Crippen molar-refractivity contribution >= 4 is 17.5 Å². The maximum Gasteiger partial charge on any atom is 0.239 e. The van der Waals surface area contributed by atoms with Crippen molar-refractivity contribution in [3.63, 3.8) is 0 Å². The molecular formula is C20H22N2O3. The molecule has 1 aliphatic rings. The molecule has 2 aromatic carbocycles. The lowest BCUT2D eigenvalue weighted by atomic mass is 10.1. The van der Waals surface area contributed by atoms with Crippen LogP contribution < -0.4 is 15.0 Å². The van der Waals surface area contributed by atoms with Crippen LogP contribution in [0.5, 0.6) is 5.75 Å². The van der Waals surface area contributed by atoms with Gasteiger partial charge in [0, 0.05) is 18.8 Å². The van der Waals surface area contributed by atoms with Crippen LogP contribution in [0.1, 0.15) is 18.9 Å². The zero-order valence-electron chi connectivity index (χ0n) is 14.3. The Morgan fingerprint density at radius 2 is 1.88 bits per heavy atom. The van der Waals surface area contributed by atoms with Gasteiger partial charge in [-0.15, -0.1) is 0 Å². The summed E-state index contributed by atoms with van der Waals surface area (Å²) in [5.41, 5.74) is 1.90. The first-order chi connectivity index (χ1) is 12.2. The second-order valence-electron chi connectivity index (χ2n) is 5.99. The van der Waals surface area contributed by atoms with Crippen molar-refractivity contribution < 1.29 is 14.3 Å². The van der Waals surface area contributed by atoms with E-state index in [1.807, 2.05) is 61.5 Å². The molecule has 5 nitrogen and oxygen atoms in total. The van der Waals surface area contributed by atoms with Gasteiger partial charge in [-0.25, -0.2) is 0 Å². The van der Waals surface area contributed by atoms with Gasteiger partial charge < -0.3 is 15.0 Å². The zero-order chi connectivity index (χ0) is 17.6. The van der Waals surface area contributed by atoms with Gasteiger partial charge in [0.05, 0.1) is 0 Å². The number of amides is 2. The van der Waals surface area contributed by atoms with Gasteiger partial charge >= 0.3 is 0 Å². The number of carbonyl (C=O) groups is 2. The van der Waals surface area contributed by atoms with Gasteiger partial charge in [-0.2, -0.15) is 0 Å². The second kappa shape index (κ2) is 7.83. The summed E-state index contributed by atoms with van der Waals surface area (Å²) in [5.74, 6) is -0.143. The molecule has 1 aliphatic heterocycles. The number of nitrogens with zero attached hydrogens (tertiary/aromatic N) is 1. The highest BCUT2D eigenvalue weighted by Crippen LogP contribution is 2.27. The minimum Gasteiger partial charge on any atom is -0.489 e. The molecular weight excluding hydrogens is 316 g/mol. The third-order valence-corrected chi connectivity index (χ3v) is 4.27. The fourth-order valence-electron chi connectivity index (χ4n) is 2.94. The van der Waals surface area contributed by atoms with Crippen LogP contribution in [0, 0.1) is 5.92 Å². The Kier molecular flexibility index (Phi) is 5.33. The molecule has 0 aromatic heterocycles. The molecule has 2 amide bonds. The quantitative estimate of drug-likeness (QED) is 0.824. The summed E-state index contributed by atoms with van der Waals surface area (Å²) in [6.07, 6.45) is 0.553. The minimum absolute atomic E-state index is 0.135. The van der Waals surface area contributed by atoms with Crippen LogP contribution >= 0.6 is 0 Å². The summed E-state index contributed by atoms with van der Waals surface area (Å²) in [6.45, 7) is 3.45. The fraction of sp³-hybridized carbons (Fsp3) is 0.300. The van der Waals surface area contributed by atoms with Crippen LogP contribution in [-0.2, 0) is 16.2 Å². The summed E-state index contributed by atoms with van der Waals surface area (Å²) in [7, 11) is 0. The summed E-state index contributed by atoms with van der Waals surface area (Å²) in [5, 5.41) is 2.72. The molecule has 3 rings (SSSR count). The molecule has 1 fully saturated rings. The third-order valence-electron chi connectivity index (χ3n) is 4.27. The van der Waals surface area contributed by atoms with E-state index in [4.69, 9.17) is 4.74 Å². The molecule has 1 saturated heterocycles. The monoisotopic (exact) mass is 338 g/mol. The highest BCUT2D eigenvalue weighted by atomic mass is 16.5. The van der Waals surface area contributed by atoms with Gasteiger partial charge in [0.15, 0.2) is 0 Å². The van der Waals surface area contributed by atoms with Crippen LogP contribution in [0.25, 0.3) is 0 Å². The Bertz CT molecular complexity index is 728. The van der Waals surface area contributed by atoms with E-state index >= 15 is 0 Å². The average Bonchev–Trinajstić information content (AvgIpc) is 3.03. The molecule has 25 heavy (non-hydrogen) atoms. The number of rotatable bonds is 6. The highest BCUT2D eigenvalue weighted by Gasteiger charge is 2.37. The second-order valence-corrected chi connectivity index (χ2v) is 5.99. The van der Waals surface area contributed by atoms with E-state index in [1.54, 1.807) is 4.90 Å². The first-order valence-electron chi connectivity index (χ1n) is 8.55. The van der Waals surface area contributed by atoms with E-state index in [0.717, 1.165) is 17.0 Å². The molecule has 2 aromatic rings. The number of anilines is 1. The highest BCUT2D eigenvalue weighted by molar-refractivity contribution is 6.09. The van der Waals surface area contributed by atoms with Gasteiger partial charge in [-0.05, 0) is 43.2 Å². The average molecular weight is 338 g/mol. The van der Waals surface area contributed by atoms with Crippen LogP contribution in [-0.4, -0.2) is 24.9 Å². The normalized spacial score (nSPS) is 16.8. The van der Waals surface area contributed by atoms with Crippen LogP contribution in [0.4, 0.5) is 5.69 Å². The third kappa shape index (κ3) is 3.99. The Morgan fingerprint density at radius 1 is 1.16 bits per heavy atom. The standard InChI is InChI=1S/C20H22N2O3/c1-2-21-19(23)18-12-13-22(20(18)24)16-8-10-17(11-9-16)25-14-15-6-4-3-5-7-15/h3-11,18H,2,12-14H2,1H3,(H,21,23)/t18-/m1/s1. The number of nitrogens with one attached hydrogen (secondary N) is 1. The van der Waals surface area contributed by atoms with Gasteiger partial charge in [-0.3, -0.25) is 9.59 Å². The maximum absolute atomic E-state index is 12.5. The Hall–Kier alpha value is -2.82. The lowest BCUT2D eigenvalue weighted by molar-refractivity contribution is -0.132. The number of hydrogen-bond acceptors (Lipinski definition) is 3. The number of benzene rings is 2. The molecule has 1 heterocycles. The Labute approximate surface area is 147 Å². The van der Waals surface area contributed by atoms with Crippen LogP contribution in [0.15, 0.2) is 54.6 Å². The molecule has 0 radical (unpaired) electrons. The van der Waals surface area contributed by atoms with E-state index in [9.17, 15) is 9.59 Å². The van der Waals surface area contributed by atoms with Crippen molar-refractivity contribution in [2.75, 3.05) is 18.0 Å². The molecule has 5 heteroatoms. The molecule has 130 valence electrons. The predicted molar refractivity (Wildman–Crippen MR) is 96.4 cm³/mol. The first kappa shape index (κ1) is 17.0. The molecule has 0 spiro atoms. The van der Waals surface area contributed by atoms with Crippen molar-refractivity contribution in [3.8, 4) is 5.75 Å². The first-order valence-corrected chi connectivity index (χ1v) is 8.55. The Balaban J connectivity index is 1.61. The number of ether oxygens (including phenoxy) is 1. The Morgan fingerprint density at radius 3 is 2.56 bits per heavy atom. The lowest BCUT2D eigenvalue weighted by Gasteiger charge is -2.17. The fourth-order valence-corrected chi connectivity index (χ4v) is 2.94. The zero-order valence-corrected chi connectivity index (χ0v) is 14.3. The molecule has 0 unspecified atom stereocenters. The largest absolute Gasteiger partial charge is 0.489 e. The van der Waals surface area contributed by atoms with Crippen molar-refractivity contribution in [1.29, 1.82) is 0 Å². The lowest BCUT2D eigenvalue weighted by Crippen LogP contribution is -2.36. The van der Waals surface area contributed by atoms with Crippen LogP contribution in [0.2, 0.25) is 0 Å². The van der Waals surface area contributed by atoms with E-state index in [-0.39, 0.29) is 11.8 Å². The van der Waals surface area contributed by atoms with Crippen molar-refractivity contribution in [3.05, 3.63) is 60.2 Å². The van der Waals surface area contributed by atoms with Gasteiger partial charge in [0.1, 0.15) is 18.3 Å². The number of hydrogen-bond donors (Lipinski definition) is 1. The molecule has 1 atom stereocenters. The van der Waals surface area contributed by atoms with Crippen LogP contribution in [0.3, 0.4) is 0 Å². The van der Waals surface area contributed by atoms with E-state index in [1.165, 1.54) is 0 Å². The van der Waals surface area contributed by atoms with Crippen molar-refractivity contribution in [2.45, 2.75) is 20.0 Å². The molecule has 0 bridgehead atoms.